The van der Waals surface area contributed by atoms with Crippen LogP contribution in [0.2, 0.25) is 0 Å². The molecule has 0 aliphatic heterocycles. The number of carbonyl (C=O) groups is 2. The van der Waals surface area contributed by atoms with Crippen LogP contribution in [0.15, 0.2) is 5.16 Å². The van der Waals surface area contributed by atoms with Gasteiger partial charge in [0.05, 0.1) is 0 Å². The topological polar surface area (TPSA) is 93.8 Å². The van der Waals surface area contributed by atoms with E-state index in [0.717, 1.165) is 0 Å². The zero-order valence-electron chi connectivity index (χ0n) is 7.83. The fourth-order valence-corrected chi connectivity index (χ4v) is 0.380. The maximum atomic E-state index is 10.8. The molecule has 74 valence electrons. The van der Waals surface area contributed by atoms with Gasteiger partial charge in [-0.15, -0.1) is 0 Å². The molecule has 0 spiro atoms. The first-order chi connectivity index (χ1) is 5.99. The highest BCUT2D eigenvalue weighted by atomic mass is 16.6. The van der Waals surface area contributed by atoms with Crippen molar-refractivity contribution in [3.05, 3.63) is 0 Å². The van der Waals surface area contributed by atoms with Crippen molar-refractivity contribution in [1.82, 2.24) is 5.32 Å². The van der Waals surface area contributed by atoms with E-state index >= 15 is 0 Å². The number of amidine groups is 1. The molecule has 6 nitrogen and oxygen atoms in total. The van der Waals surface area contributed by atoms with Crippen molar-refractivity contribution in [2.75, 3.05) is 7.05 Å². The molecular formula is C7H13N3O3. The van der Waals surface area contributed by atoms with Crippen LogP contribution in [0.3, 0.4) is 0 Å². The van der Waals surface area contributed by atoms with Gasteiger partial charge in [0, 0.05) is 7.05 Å². The molecule has 1 atom stereocenters. The maximum Gasteiger partial charge on any atom is 0.289 e. The number of hydrogen-bond donors (Lipinski definition) is 2. The lowest BCUT2D eigenvalue weighted by atomic mass is 10.3. The van der Waals surface area contributed by atoms with E-state index in [1.807, 2.05) is 0 Å². The first-order valence-corrected chi connectivity index (χ1v) is 3.70. The van der Waals surface area contributed by atoms with Gasteiger partial charge in [-0.25, -0.2) is 0 Å². The third-order valence-corrected chi connectivity index (χ3v) is 1.34. The summed E-state index contributed by atoms with van der Waals surface area (Å²) < 4.78 is 0. The number of nitrogens with one attached hydrogen (secondary N) is 1. The van der Waals surface area contributed by atoms with Crippen LogP contribution in [0.4, 0.5) is 0 Å². The minimum Gasteiger partial charge on any atom is -0.383 e. The van der Waals surface area contributed by atoms with Gasteiger partial charge in [0.25, 0.3) is 5.91 Å². The molecule has 0 aromatic heterocycles. The van der Waals surface area contributed by atoms with Gasteiger partial charge in [-0.2, -0.15) is 0 Å². The van der Waals surface area contributed by atoms with Gasteiger partial charge in [0.1, 0.15) is 0 Å². The molecule has 1 unspecified atom stereocenters. The predicted molar refractivity (Wildman–Crippen MR) is 46.9 cm³/mol. The molecule has 0 fully saturated rings. The van der Waals surface area contributed by atoms with Crippen molar-refractivity contribution in [3.8, 4) is 0 Å². The molecule has 0 aliphatic carbocycles. The standard InChI is InChI=1S/C7H13N3O3/c1-4(11)5(2)13-10-6(8)7(12)9-3/h5H,1-3H3,(H2,8,10)(H,9,12). The van der Waals surface area contributed by atoms with Gasteiger partial charge >= 0.3 is 0 Å². The smallest absolute Gasteiger partial charge is 0.289 e. The first-order valence-electron chi connectivity index (χ1n) is 3.70. The summed E-state index contributed by atoms with van der Waals surface area (Å²) in [6, 6.07) is 0. The minimum atomic E-state index is -0.691. The highest BCUT2D eigenvalue weighted by molar-refractivity contribution is 6.36. The lowest BCUT2D eigenvalue weighted by molar-refractivity contribution is -0.127. The van der Waals surface area contributed by atoms with E-state index in [1.54, 1.807) is 0 Å². The Balaban J connectivity index is 4.11. The number of ketones is 1. The van der Waals surface area contributed by atoms with E-state index in [1.165, 1.54) is 20.9 Å². The van der Waals surface area contributed by atoms with Crippen LogP contribution >= 0.6 is 0 Å². The van der Waals surface area contributed by atoms with Crippen molar-refractivity contribution in [2.24, 2.45) is 10.9 Å². The summed E-state index contributed by atoms with van der Waals surface area (Å²) in [5.41, 5.74) is 5.18. The molecule has 0 aromatic rings. The summed E-state index contributed by atoms with van der Waals surface area (Å²) in [7, 11) is 1.42. The van der Waals surface area contributed by atoms with E-state index < -0.39 is 12.0 Å². The number of rotatable bonds is 3. The fourth-order valence-electron chi connectivity index (χ4n) is 0.380. The highest BCUT2D eigenvalue weighted by Gasteiger charge is 2.09. The van der Waals surface area contributed by atoms with Crippen LogP contribution in [0.25, 0.3) is 0 Å². The quantitative estimate of drug-likeness (QED) is 0.336. The Labute approximate surface area is 76.1 Å². The summed E-state index contributed by atoms with van der Waals surface area (Å²) in [5, 5.41) is 5.54. The Morgan fingerprint density at radius 3 is 2.46 bits per heavy atom. The van der Waals surface area contributed by atoms with Gasteiger partial charge in [-0.1, -0.05) is 5.16 Å². The molecule has 1 amide bonds. The number of amides is 1. The van der Waals surface area contributed by atoms with Gasteiger partial charge in [-0.3, -0.25) is 9.59 Å². The highest BCUT2D eigenvalue weighted by Crippen LogP contribution is 1.92. The van der Waals surface area contributed by atoms with E-state index in [4.69, 9.17) is 5.73 Å². The summed E-state index contributed by atoms with van der Waals surface area (Å²) in [6.07, 6.45) is -0.691. The average molecular weight is 187 g/mol. The predicted octanol–water partition coefficient (Wildman–Crippen LogP) is -1.00. The summed E-state index contributed by atoms with van der Waals surface area (Å²) in [4.78, 5) is 26.1. The van der Waals surface area contributed by atoms with E-state index in [-0.39, 0.29) is 11.6 Å². The lowest BCUT2D eigenvalue weighted by Crippen LogP contribution is -2.34. The minimum absolute atomic E-state index is 0.187. The summed E-state index contributed by atoms with van der Waals surface area (Å²) in [6.45, 7) is 2.87. The SMILES string of the molecule is CNC(=O)/C(N)=N/OC(C)C(C)=O. The van der Waals surface area contributed by atoms with Crippen LogP contribution < -0.4 is 11.1 Å². The molecule has 0 saturated heterocycles. The molecule has 13 heavy (non-hydrogen) atoms. The largest absolute Gasteiger partial charge is 0.383 e. The summed E-state index contributed by atoms with van der Waals surface area (Å²) in [5.74, 6) is -1.04. The Morgan fingerprint density at radius 2 is 2.08 bits per heavy atom. The van der Waals surface area contributed by atoms with Crippen molar-refractivity contribution >= 4 is 17.5 Å². The van der Waals surface area contributed by atoms with E-state index in [9.17, 15) is 9.59 Å². The molecule has 0 aliphatic rings. The molecular weight excluding hydrogens is 174 g/mol. The number of oxime groups is 1. The molecule has 0 bridgehead atoms. The van der Waals surface area contributed by atoms with Crippen LogP contribution in [0, 0.1) is 0 Å². The molecule has 0 saturated carbocycles. The van der Waals surface area contributed by atoms with Gasteiger partial charge in [-0.05, 0) is 13.8 Å². The third kappa shape index (κ3) is 4.09. The van der Waals surface area contributed by atoms with Crippen LogP contribution in [-0.4, -0.2) is 30.7 Å². The number of nitrogens with two attached hydrogens (primary N) is 1. The van der Waals surface area contributed by atoms with Crippen molar-refractivity contribution < 1.29 is 14.4 Å². The number of Topliss-reactive ketones (excluding diaryl/α,β-unsaturated/α-hetero) is 1. The molecule has 0 rings (SSSR count). The van der Waals surface area contributed by atoms with Crippen LogP contribution in [-0.2, 0) is 14.4 Å². The number of hydrogen-bond acceptors (Lipinski definition) is 4. The molecule has 0 radical (unpaired) electrons. The zero-order valence-corrected chi connectivity index (χ0v) is 7.83. The van der Waals surface area contributed by atoms with E-state index in [0.29, 0.717) is 0 Å². The Morgan fingerprint density at radius 1 is 1.54 bits per heavy atom. The van der Waals surface area contributed by atoms with Crippen molar-refractivity contribution in [3.63, 3.8) is 0 Å². The zero-order chi connectivity index (χ0) is 10.4. The Kier molecular flexibility index (Phi) is 4.50. The molecule has 0 heterocycles. The van der Waals surface area contributed by atoms with Gasteiger partial charge < -0.3 is 15.9 Å². The average Bonchev–Trinajstić information content (AvgIpc) is 2.11. The monoisotopic (exact) mass is 187 g/mol. The molecule has 3 N–H and O–H groups in total. The molecule has 0 aromatic carbocycles. The van der Waals surface area contributed by atoms with E-state index in [2.05, 4.69) is 15.3 Å². The Hall–Kier alpha value is -1.59. The van der Waals surface area contributed by atoms with Crippen LogP contribution in [0.1, 0.15) is 13.8 Å². The maximum absolute atomic E-state index is 10.8. The third-order valence-electron chi connectivity index (χ3n) is 1.34. The number of likely N-dealkylation sites (N-methyl/N-ethyl adjacent to an activating group) is 1. The second kappa shape index (κ2) is 5.13. The second-order valence-corrected chi connectivity index (χ2v) is 2.41. The normalized spacial score (nSPS) is 13.3. The fraction of sp³-hybridized carbons (Fsp3) is 0.571. The summed E-state index contributed by atoms with van der Waals surface area (Å²) >= 11 is 0. The Bertz CT molecular complexity index is 237. The van der Waals surface area contributed by atoms with Gasteiger partial charge in [0.2, 0.25) is 5.84 Å². The second-order valence-electron chi connectivity index (χ2n) is 2.41. The van der Waals surface area contributed by atoms with Gasteiger partial charge in [0.15, 0.2) is 11.9 Å². The lowest BCUT2D eigenvalue weighted by Gasteiger charge is -2.05. The van der Waals surface area contributed by atoms with Crippen LogP contribution in [0.5, 0.6) is 0 Å². The van der Waals surface area contributed by atoms with Crippen molar-refractivity contribution in [2.45, 2.75) is 20.0 Å². The number of nitrogens with zero attached hydrogens (tertiary/aromatic N) is 1. The van der Waals surface area contributed by atoms with Crippen molar-refractivity contribution in [1.29, 1.82) is 0 Å². The first kappa shape index (κ1) is 11.4. The molecule has 6 heteroatoms. The number of carbonyl (C=O) groups excluding carboxylic acids is 2.